The second-order valence-corrected chi connectivity index (χ2v) is 4.61. The van der Waals surface area contributed by atoms with E-state index in [0.29, 0.717) is 16.5 Å². The molecule has 1 aromatic carbocycles. The predicted octanol–water partition coefficient (Wildman–Crippen LogP) is 2.37. The van der Waals surface area contributed by atoms with Crippen LogP contribution in [-0.4, -0.2) is 37.2 Å². The Morgan fingerprint density at radius 3 is 2.21 bits per heavy atom. The first kappa shape index (κ1) is 15.7. The Labute approximate surface area is 120 Å². The molecule has 0 aliphatic rings. The molecule has 1 aromatic rings. The maximum atomic E-state index is 5.90. The van der Waals surface area contributed by atoms with Crippen LogP contribution in [0.3, 0.4) is 0 Å². The van der Waals surface area contributed by atoms with Gasteiger partial charge in [-0.15, -0.1) is 0 Å². The lowest BCUT2D eigenvalue weighted by Gasteiger charge is -2.29. The van der Waals surface area contributed by atoms with Crippen LogP contribution in [0.25, 0.3) is 0 Å². The summed E-state index contributed by atoms with van der Waals surface area (Å²) in [6.45, 7) is 5.95. The smallest absolute Gasteiger partial charge is 0.161 e. The Balaban J connectivity index is 3.20. The summed E-state index contributed by atoms with van der Waals surface area (Å²) in [7, 11) is 3.24. The van der Waals surface area contributed by atoms with Crippen molar-refractivity contribution < 1.29 is 9.47 Å². The number of methoxy groups -OCH3 is 2. The van der Waals surface area contributed by atoms with Gasteiger partial charge in [0, 0.05) is 0 Å². The molecule has 2 N–H and O–H groups in total. The molecule has 1 rings (SSSR count). The zero-order valence-electron chi connectivity index (χ0n) is 12.0. The average Bonchev–Trinajstić information content (AvgIpc) is 2.43. The van der Waals surface area contributed by atoms with Gasteiger partial charge in [-0.3, -0.25) is 4.90 Å². The molecule has 0 fully saturated rings. The SMILES string of the molecule is CCN(CC)C(C(N)=S)c1ccc(OC)c(OC)c1. The molecule has 1 unspecified atom stereocenters. The van der Waals surface area contributed by atoms with Crippen molar-refractivity contribution in [2.45, 2.75) is 19.9 Å². The molecule has 5 heteroatoms. The number of likely N-dealkylation sites (N-methyl/N-ethyl adjacent to an activating group) is 1. The van der Waals surface area contributed by atoms with Gasteiger partial charge < -0.3 is 15.2 Å². The van der Waals surface area contributed by atoms with Crippen LogP contribution in [0.1, 0.15) is 25.5 Å². The number of hydrogen-bond donors (Lipinski definition) is 1. The van der Waals surface area contributed by atoms with Gasteiger partial charge in [-0.05, 0) is 30.8 Å². The molecule has 0 heterocycles. The molecule has 0 spiro atoms. The third-order valence-electron chi connectivity index (χ3n) is 3.17. The minimum atomic E-state index is -0.0789. The van der Waals surface area contributed by atoms with Crippen LogP contribution in [-0.2, 0) is 0 Å². The zero-order valence-corrected chi connectivity index (χ0v) is 12.8. The molecule has 0 amide bonds. The second-order valence-electron chi connectivity index (χ2n) is 4.14. The van der Waals surface area contributed by atoms with Gasteiger partial charge in [0.1, 0.15) is 0 Å². The fraction of sp³-hybridized carbons (Fsp3) is 0.500. The van der Waals surface area contributed by atoms with Gasteiger partial charge in [-0.1, -0.05) is 32.1 Å². The van der Waals surface area contributed by atoms with Crippen LogP contribution in [0.4, 0.5) is 0 Å². The topological polar surface area (TPSA) is 47.7 Å². The van der Waals surface area contributed by atoms with Crippen molar-refractivity contribution in [2.75, 3.05) is 27.3 Å². The summed E-state index contributed by atoms with van der Waals surface area (Å²) < 4.78 is 10.6. The number of benzene rings is 1. The first-order valence-corrected chi connectivity index (χ1v) is 6.75. The molecule has 0 radical (unpaired) electrons. The average molecular weight is 282 g/mol. The Bertz CT molecular complexity index is 433. The summed E-state index contributed by atoms with van der Waals surface area (Å²) in [5.74, 6) is 1.39. The van der Waals surface area contributed by atoms with Crippen LogP contribution in [0.2, 0.25) is 0 Å². The highest BCUT2D eigenvalue weighted by Gasteiger charge is 2.22. The molecule has 0 saturated heterocycles. The number of ether oxygens (including phenoxy) is 2. The molecular weight excluding hydrogens is 260 g/mol. The fourth-order valence-corrected chi connectivity index (χ4v) is 2.45. The van der Waals surface area contributed by atoms with Crippen molar-refractivity contribution in [3.8, 4) is 11.5 Å². The third kappa shape index (κ3) is 3.58. The molecule has 0 aliphatic carbocycles. The van der Waals surface area contributed by atoms with Gasteiger partial charge in [0.05, 0.1) is 25.2 Å². The number of thiocarbonyl (C=S) groups is 1. The Morgan fingerprint density at radius 1 is 1.21 bits per heavy atom. The van der Waals surface area contributed by atoms with Crippen molar-refractivity contribution in [1.29, 1.82) is 0 Å². The van der Waals surface area contributed by atoms with Crippen molar-refractivity contribution in [1.82, 2.24) is 4.90 Å². The minimum Gasteiger partial charge on any atom is -0.493 e. The first-order chi connectivity index (χ1) is 9.08. The van der Waals surface area contributed by atoms with Crippen LogP contribution in [0.5, 0.6) is 11.5 Å². The van der Waals surface area contributed by atoms with E-state index >= 15 is 0 Å². The lowest BCUT2D eigenvalue weighted by atomic mass is 10.0. The van der Waals surface area contributed by atoms with E-state index in [9.17, 15) is 0 Å². The number of nitrogens with two attached hydrogens (primary N) is 1. The van der Waals surface area contributed by atoms with Crippen LogP contribution < -0.4 is 15.2 Å². The Kier molecular flexibility index (Phi) is 6.05. The number of nitrogens with zero attached hydrogens (tertiary/aromatic N) is 1. The van der Waals surface area contributed by atoms with Crippen molar-refractivity contribution in [3.05, 3.63) is 23.8 Å². The highest BCUT2D eigenvalue weighted by Crippen LogP contribution is 2.32. The van der Waals surface area contributed by atoms with Gasteiger partial charge in [-0.25, -0.2) is 0 Å². The normalized spacial score (nSPS) is 12.3. The van der Waals surface area contributed by atoms with Crippen LogP contribution in [0.15, 0.2) is 18.2 Å². The molecule has 19 heavy (non-hydrogen) atoms. The van der Waals surface area contributed by atoms with Crippen molar-refractivity contribution in [3.63, 3.8) is 0 Å². The first-order valence-electron chi connectivity index (χ1n) is 6.34. The number of hydrogen-bond acceptors (Lipinski definition) is 4. The highest BCUT2D eigenvalue weighted by atomic mass is 32.1. The van der Waals surface area contributed by atoms with E-state index in [1.807, 2.05) is 18.2 Å². The van der Waals surface area contributed by atoms with Crippen LogP contribution in [0, 0.1) is 0 Å². The molecule has 106 valence electrons. The summed E-state index contributed by atoms with van der Waals surface area (Å²) in [5, 5.41) is 0. The van der Waals surface area contributed by atoms with E-state index in [2.05, 4.69) is 18.7 Å². The number of rotatable bonds is 7. The maximum Gasteiger partial charge on any atom is 0.161 e. The van der Waals surface area contributed by atoms with Crippen molar-refractivity contribution in [2.24, 2.45) is 5.73 Å². The van der Waals surface area contributed by atoms with Crippen molar-refractivity contribution >= 4 is 17.2 Å². The lowest BCUT2D eigenvalue weighted by molar-refractivity contribution is 0.271. The predicted molar refractivity (Wildman–Crippen MR) is 82.0 cm³/mol. The maximum absolute atomic E-state index is 5.90. The lowest BCUT2D eigenvalue weighted by Crippen LogP contribution is -2.36. The monoisotopic (exact) mass is 282 g/mol. The summed E-state index contributed by atoms with van der Waals surface area (Å²) in [5.41, 5.74) is 6.92. The van der Waals surface area contributed by atoms with Gasteiger partial charge in [0.2, 0.25) is 0 Å². The molecule has 4 nitrogen and oxygen atoms in total. The summed E-state index contributed by atoms with van der Waals surface area (Å²) in [6.07, 6.45) is 0. The summed E-state index contributed by atoms with van der Waals surface area (Å²) in [6, 6.07) is 5.71. The summed E-state index contributed by atoms with van der Waals surface area (Å²) in [4.78, 5) is 2.68. The van der Waals surface area contributed by atoms with Gasteiger partial charge in [0.15, 0.2) is 11.5 Å². The molecule has 0 bridgehead atoms. The fourth-order valence-electron chi connectivity index (χ4n) is 2.17. The highest BCUT2D eigenvalue weighted by molar-refractivity contribution is 7.80. The molecule has 0 aromatic heterocycles. The van der Waals surface area contributed by atoms with E-state index in [-0.39, 0.29) is 6.04 Å². The van der Waals surface area contributed by atoms with E-state index in [0.717, 1.165) is 18.7 Å². The Morgan fingerprint density at radius 2 is 1.79 bits per heavy atom. The molecule has 0 aliphatic heterocycles. The minimum absolute atomic E-state index is 0.0789. The van der Waals surface area contributed by atoms with E-state index in [4.69, 9.17) is 27.4 Å². The third-order valence-corrected chi connectivity index (χ3v) is 3.39. The van der Waals surface area contributed by atoms with Gasteiger partial charge in [-0.2, -0.15) is 0 Å². The Hall–Kier alpha value is -1.33. The van der Waals surface area contributed by atoms with Gasteiger partial charge in [0.25, 0.3) is 0 Å². The quantitative estimate of drug-likeness (QED) is 0.778. The van der Waals surface area contributed by atoms with E-state index in [1.165, 1.54) is 0 Å². The molecular formula is C14H22N2O2S. The molecule has 1 atom stereocenters. The standard InChI is InChI=1S/C14H22N2O2S/c1-5-16(6-2)13(14(15)19)10-7-8-11(17-3)12(9-10)18-4/h7-9,13H,5-6H2,1-4H3,(H2,15,19). The molecule has 0 saturated carbocycles. The zero-order chi connectivity index (χ0) is 14.4. The van der Waals surface area contributed by atoms with Gasteiger partial charge >= 0.3 is 0 Å². The largest absolute Gasteiger partial charge is 0.493 e. The second kappa shape index (κ2) is 7.31. The van der Waals surface area contributed by atoms with Crippen LogP contribution >= 0.6 is 12.2 Å². The van der Waals surface area contributed by atoms with E-state index in [1.54, 1.807) is 14.2 Å². The summed E-state index contributed by atoms with van der Waals surface area (Å²) >= 11 is 5.21. The van der Waals surface area contributed by atoms with E-state index < -0.39 is 0 Å².